The van der Waals surface area contributed by atoms with Crippen LogP contribution in [0.3, 0.4) is 0 Å². The van der Waals surface area contributed by atoms with Crippen LogP contribution in [0.1, 0.15) is 35.4 Å². The lowest BCUT2D eigenvalue weighted by atomic mass is 9.86. The Bertz CT molecular complexity index is 1350. The first-order valence-corrected chi connectivity index (χ1v) is 11.7. The Kier molecular flexibility index (Phi) is 5.87. The van der Waals surface area contributed by atoms with Crippen LogP contribution in [-0.2, 0) is 11.2 Å². The quantitative estimate of drug-likeness (QED) is 0.499. The van der Waals surface area contributed by atoms with E-state index >= 15 is 0 Å². The lowest BCUT2D eigenvalue weighted by Crippen LogP contribution is -2.41. The molecule has 174 valence electrons. The number of fused-ring (bicyclic) bond motifs is 1. The monoisotopic (exact) mass is 454 g/mol. The van der Waals surface area contributed by atoms with Crippen LogP contribution >= 0.6 is 0 Å². The highest BCUT2D eigenvalue weighted by Gasteiger charge is 2.39. The maximum Gasteiger partial charge on any atom is 0.226 e. The van der Waals surface area contributed by atoms with E-state index < -0.39 is 0 Å². The number of hydrogen-bond acceptors (Lipinski definition) is 5. The third-order valence-corrected chi connectivity index (χ3v) is 7.00. The number of amides is 1. The van der Waals surface area contributed by atoms with Gasteiger partial charge in [-0.05, 0) is 57.1 Å². The number of carbonyl (C=O) groups excluding carboxylic acids is 1. The van der Waals surface area contributed by atoms with E-state index in [1.54, 1.807) is 12.4 Å². The van der Waals surface area contributed by atoms with E-state index in [0.717, 1.165) is 34.5 Å². The molecule has 3 aromatic heterocycles. The fourth-order valence-electron chi connectivity index (χ4n) is 5.13. The molecule has 0 saturated carbocycles. The van der Waals surface area contributed by atoms with Crippen molar-refractivity contribution in [1.82, 2.24) is 30.0 Å². The summed E-state index contributed by atoms with van der Waals surface area (Å²) < 4.78 is 1.85. The van der Waals surface area contributed by atoms with Crippen molar-refractivity contribution in [3.05, 3.63) is 83.6 Å². The molecule has 4 heterocycles. The molecular weight excluding hydrogens is 424 g/mol. The van der Waals surface area contributed by atoms with Gasteiger partial charge >= 0.3 is 0 Å². The molecule has 1 N–H and O–H groups in total. The van der Waals surface area contributed by atoms with Gasteiger partial charge < -0.3 is 10.2 Å². The van der Waals surface area contributed by atoms with Crippen LogP contribution in [0.5, 0.6) is 0 Å². The van der Waals surface area contributed by atoms with Crippen molar-refractivity contribution in [2.45, 2.75) is 45.2 Å². The van der Waals surface area contributed by atoms with E-state index in [0.29, 0.717) is 6.04 Å². The third kappa shape index (κ3) is 4.19. The summed E-state index contributed by atoms with van der Waals surface area (Å²) in [7, 11) is 2.12. The average molecular weight is 455 g/mol. The van der Waals surface area contributed by atoms with Crippen molar-refractivity contribution in [2.75, 3.05) is 13.6 Å². The summed E-state index contributed by atoms with van der Waals surface area (Å²) in [4.78, 5) is 24.2. The number of likely N-dealkylation sites (tertiary alicyclic amines) is 1. The number of aryl methyl sites for hydroxylation is 2. The molecule has 1 aromatic carbocycles. The predicted molar refractivity (Wildman–Crippen MR) is 133 cm³/mol. The van der Waals surface area contributed by atoms with Crippen LogP contribution in [0.4, 0.5) is 0 Å². The number of hydrogen-bond donors (Lipinski definition) is 1. The van der Waals surface area contributed by atoms with Gasteiger partial charge in [-0.25, -0.2) is 4.68 Å². The lowest BCUT2D eigenvalue weighted by Gasteiger charge is -2.25. The molecule has 0 spiro atoms. The molecule has 0 aliphatic carbocycles. The molecular formula is C27H30N6O. The van der Waals surface area contributed by atoms with Gasteiger partial charge in [0.2, 0.25) is 5.91 Å². The van der Waals surface area contributed by atoms with Gasteiger partial charge in [0.05, 0.1) is 35.7 Å². The largest absolute Gasteiger partial charge is 0.351 e. The van der Waals surface area contributed by atoms with Gasteiger partial charge in [0.25, 0.3) is 0 Å². The van der Waals surface area contributed by atoms with Crippen LogP contribution in [0.15, 0.2) is 61.1 Å². The second kappa shape index (κ2) is 8.99. The first-order valence-electron chi connectivity index (χ1n) is 11.7. The number of rotatable bonds is 5. The van der Waals surface area contributed by atoms with Crippen LogP contribution in [-0.4, -0.2) is 56.2 Å². The van der Waals surface area contributed by atoms with E-state index in [2.05, 4.69) is 70.4 Å². The van der Waals surface area contributed by atoms with Crippen LogP contribution < -0.4 is 5.32 Å². The molecule has 0 bridgehead atoms. The standard InChI is InChI=1S/C27H30N6O/c1-17-7-5-6-8-23(17)27-19(3)32(4)16-24(27)31-26(34)13-21-12-20-14-30-33(25(20)15-29-21)22-9-10-28-18(2)11-22/h5-12,14-15,19,24,27H,13,16H2,1-4H3,(H,31,34)/t19-,24+,27-/m0/s1. The Morgan fingerprint density at radius 3 is 2.74 bits per heavy atom. The number of benzene rings is 1. The first-order chi connectivity index (χ1) is 16.4. The maximum absolute atomic E-state index is 13.0. The Hall–Kier alpha value is -3.58. The summed E-state index contributed by atoms with van der Waals surface area (Å²) in [6.45, 7) is 7.17. The molecule has 7 nitrogen and oxygen atoms in total. The smallest absolute Gasteiger partial charge is 0.226 e. The zero-order chi connectivity index (χ0) is 23.8. The predicted octanol–water partition coefficient (Wildman–Crippen LogP) is 3.58. The summed E-state index contributed by atoms with van der Waals surface area (Å²) in [6.07, 6.45) is 5.62. The number of likely N-dealkylation sites (N-methyl/N-ethyl adjacent to an activating group) is 1. The van der Waals surface area contributed by atoms with Crippen molar-refractivity contribution in [3.63, 3.8) is 0 Å². The Morgan fingerprint density at radius 1 is 1.12 bits per heavy atom. The molecule has 1 aliphatic heterocycles. The lowest BCUT2D eigenvalue weighted by molar-refractivity contribution is -0.121. The highest BCUT2D eigenvalue weighted by Crippen LogP contribution is 2.34. The van der Waals surface area contributed by atoms with Crippen LogP contribution in [0.25, 0.3) is 16.6 Å². The number of nitrogens with one attached hydrogen (secondary N) is 1. The summed E-state index contributed by atoms with van der Waals surface area (Å²) in [5.74, 6) is 0.253. The third-order valence-electron chi connectivity index (χ3n) is 7.00. The Labute approximate surface area is 199 Å². The minimum Gasteiger partial charge on any atom is -0.351 e. The van der Waals surface area contributed by atoms with Gasteiger partial charge in [-0.1, -0.05) is 24.3 Å². The van der Waals surface area contributed by atoms with Gasteiger partial charge in [0.15, 0.2) is 0 Å². The van der Waals surface area contributed by atoms with Crippen molar-refractivity contribution in [3.8, 4) is 5.69 Å². The normalized spacial score (nSPS) is 20.6. The second-order valence-corrected chi connectivity index (χ2v) is 9.36. The molecule has 34 heavy (non-hydrogen) atoms. The maximum atomic E-state index is 13.0. The molecule has 0 radical (unpaired) electrons. The minimum absolute atomic E-state index is 0.00455. The SMILES string of the molecule is Cc1cc(-n2ncc3cc(CC(=O)N[C@@H]4CN(C)[C@@H](C)[C@H]4c4ccccc4C)ncc32)ccn1. The molecule has 0 unspecified atom stereocenters. The highest BCUT2D eigenvalue weighted by molar-refractivity contribution is 5.83. The van der Waals surface area contributed by atoms with Gasteiger partial charge in [-0.15, -0.1) is 0 Å². The summed E-state index contributed by atoms with van der Waals surface area (Å²) in [5, 5.41) is 8.78. The summed E-state index contributed by atoms with van der Waals surface area (Å²) in [5.41, 5.74) is 6.09. The van der Waals surface area contributed by atoms with Crippen LogP contribution in [0, 0.1) is 13.8 Å². The molecule has 1 fully saturated rings. The average Bonchev–Trinajstić information content (AvgIpc) is 3.34. The van der Waals surface area contributed by atoms with E-state index in [1.165, 1.54) is 11.1 Å². The molecule has 1 aliphatic rings. The van der Waals surface area contributed by atoms with E-state index in [1.807, 2.05) is 36.0 Å². The second-order valence-electron chi connectivity index (χ2n) is 9.36. The van der Waals surface area contributed by atoms with E-state index in [4.69, 9.17) is 0 Å². The topological polar surface area (TPSA) is 75.9 Å². The van der Waals surface area contributed by atoms with Crippen molar-refractivity contribution >= 4 is 16.8 Å². The van der Waals surface area contributed by atoms with Crippen molar-refractivity contribution in [1.29, 1.82) is 0 Å². The van der Waals surface area contributed by atoms with Crippen molar-refractivity contribution in [2.24, 2.45) is 0 Å². The minimum atomic E-state index is -0.00455. The molecule has 7 heteroatoms. The number of pyridine rings is 2. The molecule has 1 amide bonds. The van der Waals surface area contributed by atoms with Crippen LogP contribution in [0.2, 0.25) is 0 Å². The zero-order valence-electron chi connectivity index (χ0n) is 20.1. The Morgan fingerprint density at radius 2 is 1.94 bits per heavy atom. The first kappa shape index (κ1) is 22.2. The Balaban J connectivity index is 1.33. The molecule has 5 rings (SSSR count). The fraction of sp³-hybridized carbons (Fsp3) is 0.333. The number of nitrogens with zero attached hydrogens (tertiary/aromatic N) is 5. The molecule has 4 aromatic rings. The summed E-state index contributed by atoms with van der Waals surface area (Å²) >= 11 is 0. The molecule has 1 saturated heterocycles. The summed E-state index contributed by atoms with van der Waals surface area (Å²) in [6, 6.07) is 14.8. The number of aromatic nitrogens is 4. The van der Waals surface area contributed by atoms with E-state index in [-0.39, 0.29) is 24.3 Å². The van der Waals surface area contributed by atoms with Gasteiger partial charge in [0, 0.05) is 41.8 Å². The highest BCUT2D eigenvalue weighted by atomic mass is 16.1. The van der Waals surface area contributed by atoms with Crippen molar-refractivity contribution < 1.29 is 4.79 Å². The van der Waals surface area contributed by atoms with Gasteiger partial charge in [-0.3, -0.25) is 14.8 Å². The zero-order valence-corrected chi connectivity index (χ0v) is 20.1. The fourth-order valence-corrected chi connectivity index (χ4v) is 5.13. The van der Waals surface area contributed by atoms with E-state index in [9.17, 15) is 4.79 Å². The number of carbonyl (C=O) groups is 1. The molecule has 3 atom stereocenters. The van der Waals surface area contributed by atoms with Gasteiger partial charge in [0.1, 0.15) is 0 Å². The van der Waals surface area contributed by atoms with Gasteiger partial charge in [-0.2, -0.15) is 5.10 Å².